The molecule has 2 atom stereocenters. The van der Waals surface area contributed by atoms with E-state index in [4.69, 9.17) is 17.3 Å². The van der Waals surface area contributed by atoms with Crippen LogP contribution in [0.1, 0.15) is 44.7 Å². The van der Waals surface area contributed by atoms with Crippen molar-refractivity contribution >= 4 is 23.4 Å². The highest BCUT2D eigenvalue weighted by Crippen LogP contribution is 2.37. The van der Waals surface area contributed by atoms with E-state index < -0.39 is 11.5 Å². The average Bonchev–Trinajstić information content (AvgIpc) is 2.87. The van der Waals surface area contributed by atoms with E-state index in [0.717, 1.165) is 18.4 Å². The van der Waals surface area contributed by atoms with Crippen molar-refractivity contribution in [1.82, 2.24) is 10.2 Å². The number of hydrogen-bond donors (Lipinski definition) is 2. The molecular formula is C18H26ClN3O2. The Morgan fingerprint density at radius 1 is 1.42 bits per heavy atom. The van der Waals surface area contributed by atoms with E-state index in [0.29, 0.717) is 11.6 Å². The Bertz CT molecular complexity index is 616. The molecule has 1 fully saturated rings. The maximum atomic E-state index is 12.7. The van der Waals surface area contributed by atoms with Crippen LogP contribution in [-0.4, -0.2) is 35.8 Å². The minimum absolute atomic E-state index is 0.0369. The first-order valence-electron chi connectivity index (χ1n) is 8.39. The van der Waals surface area contributed by atoms with Crippen LogP contribution in [-0.2, 0) is 9.59 Å². The number of rotatable bonds is 6. The predicted molar refractivity (Wildman–Crippen MR) is 95.6 cm³/mol. The molecule has 1 aliphatic rings. The van der Waals surface area contributed by atoms with Gasteiger partial charge in [-0.15, -0.1) is 0 Å². The van der Waals surface area contributed by atoms with E-state index in [1.165, 1.54) is 0 Å². The standard InChI is InChI=1S/C18H26ClN3O2/c1-4-18(20,5-2)11-21-17(24)14-10-15(23)22(3)16(14)12-7-6-8-13(19)9-12/h6-9,14,16H,4-5,10-11,20H2,1-3H3,(H,21,24). The fourth-order valence-corrected chi connectivity index (χ4v) is 3.34. The van der Waals surface area contributed by atoms with Gasteiger partial charge in [0.05, 0.1) is 12.0 Å². The maximum absolute atomic E-state index is 12.7. The van der Waals surface area contributed by atoms with E-state index >= 15 is 0 Å². The van der Waals surface area contributed by atoms with Crippen molar-refractivity contribution in [3.8, 4) is 0 Å². The summed E-state index contributed by atoms with van der Waals surface area (Å²) in [6.45, 7) is 4.43. The van der Waals surface area contributed by atoms with Crippen molar-refractivity contribution < 1.29 is 9.59 Å². The maximum Gasteiger partial charge on any atom is 0.226 e. The topological polar surface area (TPSA) is 75.4 Å². The van der Waals surface area contributed by atoms with Crippen LogP contribution in [0.3, 0.4) is 0 Å². The zero-order valence-corrected chi connectivity index (χ0v) is 15.3. The normalized spacial score (nSPS) is 21.2. The zero-order chi connectivity index (χ0) is 17.9. The van der Waals surface area contributed by atoms with Gasteiger partial charge in [-0.2, -0.15) is 0 Å². The van der Waals surface area contributed by atoms with Crippen LogP contribution in [0, 0.1) is 5.92 Å². The van der Waals surface area contributed by atoms with Gasteiger partial charge in [0, 0.05) is 30.6 Å². The van der Waals surface area contributed by atoms with Gasteiger partial charge in [0.25, 0.3) is 0 Å². The van der Waals surface area contributed by atoms with Gasteiger partial charge in [-0.1, -0.05) is 37.6 Å². The molecule has 2 rings (SSSR count). The summed E-state index contributed by atoms with van der Waals surface area (Å²) < 4.78 is 0. The molecule has 6 heteroatoms. The first-order valence-corrected chi connectivity index (χ1v) is 8.77. The van der Waals surface area contributed by atoms with Gasteiger partial charge in [-0.3, -0.25) is 9.59 Å². The molecule has 1 aliphatic heterocycles. The lowest BCUT2D eigenvalue weighted by Crippen LogP contribution is -2.50. The molecule has 0 saturated carbocycles. The smallest absolute Gasteiger partial charge is 0.226 e. The van der Waals surface area contributed by atoms with E-state index in [-0.39, 0.29) is 24.3 Å². The fourth-order valence-electron chi connectivity index (χ4n) is 3.15. The number of likely N-dealkylation sites (tertiary alicyclic amines) is 1. The Kier molecular flexibility index (Phi) is 5.88. The van der Waals surface area contributed by atoms with Gasteiger partial charge >= 0.3 is 0 Å². The largest absolute Gasteiger partial charge is 0.354 e. The molecule has 5 nitrogen and oxygen atoms in total. The van der Waals surface area contributed by atoms with Crippen molar-refractivity contribution in [2.45, 2.75) is 44.7 Å². The second kappa shape index (κ2) is 7.53. The monoisotopic (exact) mass is 351 g/mol. The molecule has 1 saturated heterocycles. The van der Waals surface area contributed by atoms with Crippen LogP contribution in [0.15, 0.2) is 24.3 Å². The summed E-state index contributed by atoms with van der Waals surface area (Å²) in [6.07, 6.45) is 1.77. The van der Waals surface area contributed by atoms with Crippen LogP contribution in [0.5, 0.6) is 0 Å². The quantitative estimate of drug-likeness (QED) is 0.826. The Balaban J connectivity index is 2.17. The van der Waals surface area contributed by atoms with Crippen molar-refractivity contribution in [2.24, 2.45) is 11.7 Å². The van der Waals surface area contributed by atoms with E-state index in [2.05, 4.69) is 5.32 Å². The highest BCUT2D eigenvalue weighted by atomic mass is 35.5. The van der Waals surface area contributed by atoms with Gasteiger partial charge in [0.1, 0.15) is 0 Å². The third-order valence-corrected chi connectivity index (χ3v) is 5.37. The van der Waals surface area contributed by atoms with Crippen molar-refractivity contribution in [3.05, 3.63) is 34.9 Å². The molecule has 24 heavy (non-hydrogen) atoms. The van der Waals surface area contributed by atoms with Crippen LogP contribution in [0.4, 0.5) is 0 Å². The van der Waals surface area contributed by atoms with Gasteiger partial charge < -0.3 is 16.0 Å². The number of nitrogens with one attached hydrogen (secondary N) is 1. The SMILES string of the molecule is CCC(N)(CC)CNC(=O)C1CC(=O)N(C)C1c1cccc(Cl)c1. The Morgan fingerprint density at radius 2 is 2.08 bits per heavy atom. The Labute approximate surface area is 148 Å². The summed E-state index contributed by atoms with van der Waals surface area (Å²) in [5, 5.41) is 3.54. The summed E-state index contributed by atoms with van der Waals surface area (Å²) in [4.78, 5) is 26.5. The third kappa shape index (κ3) is 3.90. The molecule has 1 aromatic carbocycles. The number of benzene rings is 1. The molecule has 1 aromatic rings. The lowest BCUT2D eigenvalue weighted by molar-refractivity contribution is -0.128. The first-order chi connectivity index (χ1) is 11.3. The van der Waals surface area contributed by atoms with Crippen LogP contribution in [0.25, 0.3) is 0 Å². The second-order valence-electron chi connectivity index (χ2n) is 6.60. The number of carbonyl (C=O) groups is 2. The lowest BCUT2D eigenvalue weighted by Gasteiger charge is -2.29. The van der Waals surface area contributed by atoms with Crippen molar-refractivity contribution in [2.75, 3.05) is 13.6 Å². The van der Waals surface area contributed by atoms with E-state index in [1.54, 1.807) is 18.0 Å². The molecule has 132 valence electrons. The molecule has 0 aliphatic carbocycles. The van der Waals surface area contributed by atoms with Crippen molar-refractivity contribution in [1.29, 1.82) is 0 Å². The fraction of sp³-hybridized carbons (Fsp3) is 0.556. The molecule has 0 radical (unpaired) electrons. The zero-order valence-electron chi connectivity index (χ0n) is 14.5. The lowest BCUT2D eigenvalue weighted by atomic mass is 9.91. The van der Waals surface area contributed by atoms with Gasteiger partial charge in [-0.05, 0) is 30.5 Å². The summed E-state index contributed by atoms with van der Waals surface area (Å²) in [5.74, 6) is -0.599. The molecule has 2 unspecified atom stereocenters. The predicted octanol–water partition coefficient (Wildman–Crippen LogP) is 2.49. The molecule has 1 heterocycles. The van der Waals surface area contributed by atoms with Gasteiger partial charge in [-0.25, -0.2) is 0 Å². The molecule has 0 bridgehead atoms. The Morgan fingerprint density at radius 3 is 2.67 bits per heavy atom. The van der Waals surface area contributed by atoms with Gasteiger partial charge in [0.15, 0.2) is 0 Å². The van der Waals surface area contributed by atoms with Crippen LogP contribution < -0.4 is 11.1 Å². The average molecular weight is 352 g/mol. The first kappa shape index (κ1) is 18.7. The highest BCUT2D eigenvalue weighted by molar-refractivity contribution is 6.30. The second-order valence-corrected chi connectivity index (χ2v) is 7.04. The van der Waals surface area contributed by atoms with Crippen LogP contribution in [0.2, 0.25) is 5.02 Å². The molecule has 0 spiro atoms. The number of hydrogen-bond acceptors (Lipinski definition) is 3. The minimum atomic E-state index is -0.432. The number of halogens is 1. The third-order valence-electron chi connectivity index (χ3n) is 5.14. The van der Waals surface area contributed by atoms with Crippen molar-refractivity contribution in [3.63, 3.8) is 0 Å². The van der Waals surface area contributed by atoms with E-state index in [9.17, 15) is 9.59 Å². The van der Waals surface area contributed by atoms with E-state index in [1.807, 2.05) is 32.0 Å². The molecular weight excluding hydrogens is 326 g/mol. The number of carbonyl (C=O) groups excluding carboxylic acids is 2. The molecule has 0 aromatic heterocycles. The highest BCUT2D eigenvalue weighted by Gasteiger charge is 2.43. The number of nitrogens with two attached hydrogens (primary N) is 1. The summed E-state index contributed by atoms with van der Waals surface area (Å²) in [6, 6.07) is 7.03. The summed E-state index contributed by atoms with van der Waals surface area (Å²) >= 11 is 6.07. The van der Waals surface area contributed by atoms with Crippen LogP contribution >= 0.6 is 11.6 Å². The number of nitrogens with zero attached hydrogens (tertiary/aromatic N) is 1. The Hall–Kier alpha value is -1.59. The van der Waals surface area contributed by atoms with Gasteiger partial charge in [0.2, 0.25) is 11.8 Å². The summed E-state index contributed by atoms with van der Waals surface area (Å²) in [7, 11) is 1.73. The molecule has 3 N–H and O–H groups in total. The minimum Gasteiger partial charge on any atom is -0.354 e. The number of amides is 2. The molecule has 2 amide bonds. The summed E-state index contributed by atoms with van der Waals surface area (Å²) in [5.41, 5.74) is 6.72.